The van der Waals surface area contributed by atoms with Crippen molar-refractivity contribution in [1.82, 2.24) is 0 Å². The van der Waals surface area contributed by atoms with Crippen molar-refractivity contribution < 1.29 is 4.79 Å². The summed E-state index contributed by atoms with van der Waals surface area (Å²) in [6.45, 7) is 1.53. The molecule has 106 valence electrons. The Morgan fingerprint density at radius 3 is 2.27 bits per heavy atom. The van der Waals surface area contributed by atoms with Gasteiger partial charge in [0.05, 0.1) is 0 Å². The Labute approximate surface area is 128 Å². The molecule has 1 amide bonds. The number of hydrogen-bond acceptors (Lipinski definition) is 1. The number of fused-ring (bicyclic) bond motifs is 5. The quantitative estimate of drug-likeness (QED) is 0.484. The monoisotopic (exact) mass is 285 g/mol. The molecule has 22 heavy (non-hydrogen) atoms. The van der Waals surface area contributed by atoms with Crippen LogP contribution < -0.4 is 5.32 Å². The molecule has 4 aromatic rings. The topological polar surface area (TPSA) is 29.1 Å². The van der Waals surface area contributed by atoms with Crippen LogP contribution >= 0.6 is 0 Å². The summed E-state index contributed by atoms with van der Waals surface area (Å²) in [4.78, 5) is 11.2. The first-order chi connectivity index (χ1) is 10.7. The van der Waals surface area contributed by atoms with Crippen molar-refractivity contribution in [3.63, 3.8) is 0 Å². The maximum atomic E-state index is 11.2. The number of amides is 1. The third-order valence-corrected chi connectivity index (χ3v) is 4.04. The highest BCUT2D eigenvalue weighted by molar-refractivity contribution is 6.20. The van der Waals surface area contributed by atoms with Crippen molar-refractivity contribution in [1.29, 1.82) is 0 Å². The fourth-order valence-corrected chi connectivity index (χ4v) is 3.12. The molecule has 2 heteroatoms. The summed E-state index contributed by atoms with van der Waals surface area (Å²) in [5.41, 5.74) is 0.833. The normalized spacial score (nSPS) is 11.1. The number of carbonyl (C=O) groups excluding carboxylic acids is 1. The van der Waals surface area contributed by atoms with Crippen LogP contribution in [0.1, 0.15) is 6.92 Å². The second-order valence-corrected chi connectivity index (χ2v) is 5.57. The van der Waals surface area contributed by atoms with Gasteiger partial charge in [-0.15, -0.1) is 0 Å². The van der Waals surface area contributed by atoms with Crippen LogP contribution in [0.15, 0.2) is 66.7 Å². The lowest BCUT2D eigenvalue weighted by Crippen LogP contribution is -2.05. The highest BCUT2D eigenvalue weighted by Gasteiger charge is 2.06. The Morgan fingerprint density at radius 2 is 1.45 bits per heavy atom. The Kier molecular flexibility index (Phi) is 2.83. The van der Waals surface area contributed by atoms with Gasteiger partial charge in [0.2, 0.25) is 5.91 Å². The molecule has 0 bridgehead atoms. The standard InChI is InChI=1S/C20H15NO/c1-13(22)21-17-10-11-19-16(12-17)9-8-15-7-6-14-4-2-3-5-18(14)20(15)19/h2-12H,1H3,(H,21,22). The van der Waals surface area contributed by atoms with Crippen LogP contribution in [0, 0.1) is 0 Å². The van der Waals surface area contributed by atoms with Crippen LogP contribution in [0.4, 0.5) is 5.69 Å². The smallest absolute Gasteiger partial charge is 0.221 e. The van der Waals surface area contributed by atoms with Crippen molar-refractivity contribution in [2.75, 3.05) is 5.32 Å². The fourth-order valence-electron chi connectivity index (χ4n) is 3.12. The van der Waals surface area contributed by atoms with Crippen LogP contribution in [0.2, 0.25) is 0 Å². The third-order valence-electron chi connectivity index (χ3n) is 4.04. The minimum absolute atomic E-state index is 0.0504. The second kappa shape index (κ2) is 4.85. The zero-order valence-corrected chi connectivity index (χ0v) is 12.3. The van der Waals surface area contributed by atoms with Gasteiger partial charge < -0.3 is 5.32 Å². The molecule has 4 rings (SSSR count). The summed E-state index contributed by atoms with van der Waals surface area (Å²) in [6.07, 6.45) is 0. The highest BCUT2D eigenvalue weighted by Crippen LogP contribution is 2.33. The fraction of sp³-hybridized carbons (Fsp3) is 0.0500. The molecule has 0 aliphatic carbocycles. The Hall–Kier alpha value is -2.87. The zero-order chi connectivity index (χ0) is 15.1. The molecular formula is C20H15NO. The molecule has 0 aromatic heterocycles. The van der Waals surface area contributed by atoms with E-state index in [4.69, 9.17) is 0 Å². The Balaban J connectivity index is 2.09. The molecule has 0 atom stereocenters. The molecule has 0 aliphatic heterocycles. The Bertz CT molecular complexity index is 1030. The molecule has 0 unspecified atom stereocenters. The minimum atomic E-state index is -0.0504. The summed E-state index contributed by atoms with van der Waals surface area (Å²) in [5, 5.41) is 10.2. The first-order valence-corrected chi connectivity index (χ1v) is 7.34. The molecular weight excluding hydrogens is 270 g/mol. The van der Waals surface area contributed by atoms with E-state index in [0.717, 1.165) is 11.1 Å². The van der Waals surface area contributed by atoms with Crippen LogP contribution in [-0.4, -0.2) is 5.91 Å². The predicted octanol–water partition coefficient (Wildman–Crippen LogP) is 5.10. The van der Waals surface area contributed by atoms with Gasteiger partial charge in [-0.1, -0.05) is 54.6 Å². The van der Waals surface area contributed by atoms with Gasteiger partial charge in [-0.3, -0.25) is 4.79 Å². The van der Waals surface area contributed by atoms with Crippen LogP contribution in [0.3, 0.4) is 0 Å². The van der Waals surface area contributed by atoms with Crippen LogP contribution in [0.25, 0.3) is 32.3 Å². The molecule has 0 aliphatic rings. The molecule has 0 saturated heterocycles. The SMILES string of the molecule is CC(=O)Nc1ccc2c(ccc3ccc4ccccc4c32)c1. The van der Waals surface area contributed by atoms with Crippen molar-refractivity contribution in [2.24, 2.45) is 0 Å². The second-order valence-electron chi connectivity index (χ2n) is 5.57. The molecule has 0 radical (unpaired) electrons. The van der Waals surface area contributed by atoms with E-state index in [0.29, 0.717) is 0 Å². The summed E-state index contributed by atoms with van der Waals surface area (Å²) in [7, 11) is 0. The van der Waals surface area contributed by atoms with Gasteiger partial charge in [-0.25, -0.2) is 0 Å². The molecule has 4 aromatic carbocycles. The molecule has 1 N–H and O–H groups in total. The molecule has 0 saturated carbocycles. The van der Waals surface area contributed by atoms with Gasteiger partial charge in [-0.05, 0) is 44.5 Å². The van der Waals surface area contributed by atoms with Crippen LogP contribution in [-0.2, 0) is 4.79 Å². The number of benzene rings is 4. The van der Waals surface area contributed by atoms with E-state index in [1.54, 1.807) is 0 Å². The van der Waals surface area contributed by atoms with Crippen LogP contribution in [0.5, 0.6) is 0 Å². The lowest BCUT2D eigenvalue weighted by atomic mass is 9.96. The zero-order valence-electron chi connectivity index (χ0n) is 12.3. The lowest BCUT2D eigenvalue weighted by molar-refractivity contribution is -0.114. The van der Waals surface area contributed by atoms with E-state index in [2.05, 4.69) is 59.9 Å². The highest BCUT2D eigenvalue weighted by atomic mass is 16.1. The van der Waals surface area contributed by atoms with Gasteiger partial charge >= 0.3 is 0 Å². The van der Waals surface area contributed by atoms with E-state index in [9.17, 15) is 4.79 Å². The third kappa shape index (κ3) is 2.01. The minimum Gasteiger partial charge on any atom is -0.326 e. The van der Waals surface area contributed by atoms with E-state index >= 15 is 0 Å². The summed E-state index contributed by atoms with van der Waals surface area (Å²) < 4.78 is 0. The summed E-state index contributed by atoms with van der Waals surface area (Å²) in [6, 6.07) is 23.1. The van der Waals surface area contributed by atoms with E-state index in [1.807, 2.05) is 12.1 Å². The summed E-state index contributed by atoms with van der Waals surface area (Å²) >= 11 is 0. The molecule has 0 fully saturated rings. The van der Waals surface area contributed by atoms with E-state index in [-0.39, 0.29) is 5.91 Å². The summed E-state index contributed by atoms with van der Waals surface area (Å²) in [5.74, 6) is -0.0504. The van der Waals surface area contributed by atoms with Crippen molar-refractivity contribution in [3.8, 4) is 0 Å². The van der Waals surface area contributed by atoms with Gasteiger partial charge in [0.25, 0.3) is 0 Å². The van der Waals surface area contributed by atoms with Gasteiger partial charge in [0.15, 0.2) is 0 Å². The van der Waals surface area contributed by atoms with Gasteiger partial charge in [0, 0.05) is 12.6 Å². The molecule has 0 heterocycles. The predicted molar refractivity (Wildman–Crippen MR) is 93.3 cm³/mol. The molecule has 2 nitrogen and oxygen atoms in total. The number of anilines is 1. The average molecular weight is 285 g/mol. The Morgan fingerprint density at radius 1 is 0.773 bits per heavy atom. The maximum absolute atomic E-state index is 11.2. The first-order valence-electron chi connectivity index (χ1n) is 7.34. The first kappa shape index (κ1) is 12.8. The number of carbonyl (C=O) groups is 1. The van der Waals surface area contributed by atoms with Gasteiger partial charge in [0.1, 0.15) is 0 Å². The maximum Gasteiger partial charge on any atom is 0.221 e. The van der Waals surface area contributed by atoms with Gasteiger partial charge in [-0.2, -0.15) is 0 Å². The van der Waals surface area contributed by atoms with E-state index < -0.39 is 0 Å². The number of rotatable bonds is 1. The lowest BCUT2D eigenvalue weighted by Gasteiger charge is -2.10. The number of hydrogen-bond donors (Lipinski definition) is 1. The van der Waals surface area contributed by atoms with E-state index in [1.165, 1.54) is 33.9 Å². The largest absolute Gasteiger partial charge is 0.326 e. The number of nitrogens with one attached hydrogen (secondary N) is 1. The van der Waals surface area contributed by atoms with Crippen molar-refractivity contribution in [2.45, 2.75) is 6.92 Å². The molecule has 0 spiro atoms. The average Bonchev–Trinajstić information content (AvgIpc) is 2.53. The van der Waals surface area contributed by atoms with Crippen molar-refractivity contribution in [3.05, 3.63) is 66.7 Å². The van der Waals surface area contributed by atoms with Crippen molar-refractivity contribution >= 4 is 43.9 Å².